The normalized spacial score (nSPS) is 19.8. The number of benzene rings is 2. The number of likely N-dealkylation sites (tertiary alicyclic amines) is 1. The Morgan fingerprint density at radius 1 is 1.10 bits per heavy atom. The second-order valence-corrected chi connectivity index (χ2v) is 8.15. The number of rotatable bonds is 6. The molecule has 1 atom stereocenters. The number of carbonyl (C=O) groups is 1. The van der Waals surface area contributed by atoms with Crippen molar-refractivity contribution < 1.29 is 13.9 Å². The minimum Gasteiger partial charge on any atom is -0.490 e. The third kappa shape index (κ3) is 5.07. The Hall–Kier alpha value is -2.86. The van der Waals surface area contributed by atoms with E-state index in [1.165, 1.54) is 6.07 Å². The zero-order valence-corrected chi connectivity index (χ0v) is 17.9. The summed E-state index contributed by atoms with van der Waals surface area (Å²) in [7, 11) is 0. The third-order valence-electron chi connectivity index (χ3n) is 6.16. The molecule has 2 aromatic rings. The molecule has 6 heteroatoms. The van der Waals surface area contributed by atoms with Crippen molar-refractivity contribution in [1.29, 1.82) is 0 Å². The standard InChI is InChI=1S/C25H30FN3O2/c1-2-17-31-22-9-5-7-20(18-22)25(30)29-12-6-8-21(19-29)27-13-15-28(16-14-27)24-11-4-3-10-23(24)26/h2-5,7,9-11,18,21H,1,6,8,12-17,19H2. The van der Waals surface area contributed by atoms with E-state index in [2.05, 4.69) is 16.4 Å². The van der Waals surface area contributed by atoms with Crippen molar-refractivity contribution in [1.82, 2.24) is 9.80 Å². The summed E-state index contributed by atoms with van der Waals surface area (Å²) >= 11 is 0. The van der Waals surface area contributed by atoms with Crippen molar-refractivity contribution in [3.05, 3.63) is 72.6 Å². The summed E-state index contributed by atoms with van der Waals surface area (Å²) in [5.74, 6) is 0.576. The Kier molecular flexibility index (Phi) is 6.87. The van der Waals surface area contributed by atoms with Crippen LogP contribution in [-0.2, 0) is 0 Å². The molecular weight excluding hydrogens is 393 g/mol. The van der Waals surface area contributed by atoms with E-state index in [0.717, 1.165) is 52.1 Å². The van der Waals surface area contributed by atoms with Crippen molar-refractivity contribution in [2.75, 3.05) is 50.8 Å². The molecule has 2 aromatic carbocycles. The maximum absolute atomic E-state index is 14.1. The summed E-state index contributed by atoms with van der Waals surface area (Å²) in [6, 6.07) is 14.7. The molecule has 2 saturated heterocycles. The first-order chi connectivity index (χ1) is 15.2. The molecule has 1 unspecified atom stereocenters. The van der Waals surface area contributed by atoms with Gasteiger partial charge in [0, 0.05) is 50.9 Å². The van der Waals surface area contributed by atoms with Gasteiger partial charge in [-0.25, -0.2) is 4.39 Å². The van der Waals surface area contributed by atoms with Crippen molar-refractivity contribution in [3.8, 4) is 5.75 Å². The Balaban J connectivity index is 1.35. The summed E-state index contributed by atoms with van der Waals surface area (Å²) < 4.78 is 19.7. The number of piperidine rings is 1. The number of nitrogens with zero attached hydrogens (tertiary/aromatic N) is 3. The van der Waals surface area contributed by atoms with Crippen LogP contribution in [0.4, 0.5) is 10.1 Å². The molecule has 2 aliphatic rings. The summed E-state index contributed by atoms with van der Waals surface area (Å²) in [5.41, 5.74) is 1.34. The maximum atomic E-state index is 14.1. The Labute approximate surface area is 183 Å². The van der Waals surface area contributed by atoms with Crippen LogP contribution in [0.15, 0.2) is 61.2 Å². The van der Waals surface area contributed by atoms with Crippen LogP contribution in [-0.4, -0.2) is 67.6 Å². The minimum atomic E-state index is -0.162. The highest BCUT2D eigenvalue weighted by molar-refractivity contribution is 5.94. The Bertz CT molecular complexity index is 911. The average molecular weight is 424 g/mol. The number of ether oxygens (including phenoxy) is 1. The summed E-state index contributed by atoms with van der Waals surface area (Å²) in [6.07, 6.45) is 3.78. The van der Waals surface area contributed by atoms with E-state index in [4.69, 9.17) is 4.74 Å². The van der Waals surface area contributed by atoms with E-state index in [1.54, 1.807) is 12.1 Å². The fourth-order valence-corrected chi connectivity index (χ4v) is 4.53. The maximum Gasteiger partial charge on any atom is 0.254 e. The molecule has 0 spiro atoms. The van der Waals surface area contributed by atoms with Crippen LogP contribution in [0.2, 0.25) is 0 Å². The monoisotopic (exact) mass is 423 g/mol. The molecule has 1 amide bonds. The van der Waals surface area contributed by atoms with Gasteiger partial charge in [0.05, 0.1) is 5.69 Å². The van der Waals surface area contributed by atoms with Gasteiger partial charge in [0.2, 0.25) is 0 Å². The van der Waals surface area contributed by atoms with Gasteiger partial charge in [-0.15, -0.1) is 0 Å². The fraction of sp³-hybridized carbons (Fsp3) is 0.400. The third-order valence-corrected chi connectivity index (χ3v) is 6.16. The van der Waals surface area contributed by atoms with Crippen LogP contribution in [0.1, 0.15) is 23.2 Å². The second-order valence-electron chi connectivity index (χ2n) is 8.15. The molecule has 0 bridgehead atoms. The molecule has 2 aliphatic heterocycles. The van der Waals surface area contributed by atoms with E-state index >= 15 is 0 Å². The zero-order valence-electron chi connectivity index (χ0n) is 17.9. The molecule has 5 nitrogen and oxygen atoms in total. The number of halogens is 1. The van der Waals surface area contributed by atoms with Crippen LogP contribution in [0, 0.1) is 5.82 Å². The van der Waals surface area contributed by atoms with Crippen LogP contribution < -0.4 is 9.64 Å². The fourth-order valence-electron chi connectivity index (χ4n) is 4.53. The van der Waals surface area contributed by atoms with E-state index in [9.17, 15) is 9.18 Å². The number of carbonyl (C=O) groups excluding carboxylic acids is 1. The van der Waals surface area contributed by atoms with E-state index in [1.807, 2.05) is 41.3 Å². The lowest BCUT2D eigenvalue weighted by Gasteiger charge is -2.44. The van der Waals surface area contributed by atoms with Gasteiger partial charge in [0.15, 0.2) is 0 Å². The molecule has 164 valence electrons. The van der Waals surface area contributed by atoms with E-state index in [0.29, 0.717) is 29.6 Å². The molecule has 0 saturated carbocycles. The lowest BCUT2D eigenvalue weighted by Crippen LogP contribution is -2.56. The first kappa shape index (κ1) is 21.4. The molecule has 2 heterocycles. The van der Waals surface area contributed by atoms with Crippen LogP contribution >= 0.6 is 0 Å². The number of para-hydroxylation sites is 1. The van der Waals surface area contributed by atoms with Gasteiger partial charge >= 0.3 is 0 Å². The van der Waals surface area contributed by atoms with Gasteiger partial charge in [0.25, 0.3) is 5.91 Å². The number of hydrogen-bond acceptors (Lipinski definition) is 4. The van der Waals surface area contributed by atoms with Gasteiger partial charge in [-0.2, -0.15) is 0 Å². The highest BCUT2D eigenvalue weighted by Crippen LogP contribution is 2.24. The van der Waals surface area contributed by atoms with Crippen LogP contribution in [0.25, 0.3) is 0 Å². The van der Waals surface area contributed by atoms with Crippen LogP contribution in [0.5, 0.6) is 5.75 Å². The first-order valence-corrected chi connectivity index (χ1v) is 11.0. The highest BCUT2D eigenvalue weighted by atomic mass is 19.1. The Morgan fingerprint density at radius 3 is 2.68 bits per heavy atom. The lowest BCUT2D eigenvalue weighted by molar-refractivity contribution is 0.0563. The molecular formula is C25H30FN3O2. The van der Waals surface area contributed by atoms with Crippen molar-refractivity contribution in [2.45, 2.75) is 18.9 Å². The zero-order chi connectivity index (χ0) is 21.6. The number of amides is 1. The van der Waals surface area contributed by atoms with Crippen molar-refractivity contribution in [2.24, 2.45) is 0 Å². The number of piperazine rings is 1. The predicted octanol–water partition coefficient (Wildman–Crippen LogP) is 3.82. The van der Waals surface area contributed by atoms with E-state index < -0.39 is 0 Å². The summed E-state index contributed by atoms with van der Waals surface area (Å²) in [5, 5.41) is 0. The quantitative estimate of drug-likeness (QED) is 0.662. The molecule has 0 N–H and O–H groups in total. The predicted molar refractivity (Wildman–Crippen MR) is 121 cm³/mol. The summed E-state index contributed by atoms with van der Waals surface area (Å²) in [6.45, 7) is 8.95. The molecule has 0 radical (unpaired) electrons. The van der Waals surface area contributed by atoms with Crippen molar-refractivity contribution >= 4 is 11.6 Å². The van der Waals surface area contributed by atoms with Gasteiger partial charge in [-0.3, -0.25) is 9.69 Å². The van der Waals surface area contributed by atoms with Gasteiger partial charge in [-0.05, 0) is 43.2 Å². The lowest BCUT2D eigenvalue weighted by atomic mass is 10.0. The largest absolute Gasteiger partial charge is 0.490 e. The molecule has 0 aliphatic carbocycles. The molecule has 4 rings (SSSR count). The van der Waals surface area contributed by atoms with Crippen LogP contribution in [0.3, 0.4) is 0 Å². The second kappa shape index (κ2) is 9.96. The first-order valence-electron chi connectivity index (χ1n) is 11.0. The Morgan fingerprint density at radius 2 is 1.90 bits per heavy atom. The van der Waals surface area contributed by atoms with Gasteiger partial charge < -0.3 is 14.5 Å². The van der Waals surface area contributed by atoms with Crippen molar-refractivity contribution in [3.63, 3.8) is 0 Å². The van der Waals surface area contributed by atoms with Gasteiger partial charge in [-0.1, -0.05) is 30.9 Å². The van der Waals surface area contributed by atoms with E-state index in [-0.39, 0.29) is 11.7 Å². The summed E-state index contributed by atoms with van der Waals surface area (Å²) in [4.78, 5) is 19.6. The number of anilines is 1. The van der Waals surface area contributed by atoms with Gasteiger partial charge in [0.1, 0.15) is 18.2 Å². The molecule has 2 fully saturated rings. The smallest absolute Gasteiger partial charge is 0.254 e. The molecule has 31 heavy (non-hydrogen) atoms. The SMILES string of the molecule is C=CCOc1cccc(C(=O)N2CCCC(N3CCN(c4ccccc4F)CC3)C2)c1. The number of hydrogen-bond donors (Lipinski definition) is 0. The highest BCUT2D eigenvalue weighted by Gasteiger charge is 2.30. The topological polar surface area (TPSA) is 36.0 Å². The minimum absolute atomic E-state index is 0.0544. The molecule has 0 aromatic heterocycles. The average Bonchev–Trinajstić information content (AvgIpc) is 2.83.